The van der Waals surface area contributed by atoms with Crippen molar-refractivity contribution >= 4 is 11.3 Å². The minimum absolute atomic E-state index is 0.504. The van der Waals surface area contributed by atoms with E-state index in [2.05, 4.69) is 10.8 Å². The van der Waals surface area contributed by atoms with Gasteiger partial charge in [0.2, 0.25) is 0 Å². The number of hydrogen-bond acceptors (Lipinski definition) is 2. The molecule has 0 radical (unpaired) electrons. The van der Waals surface area contributed by atoms with Crippen LogP contribution in [0.2, 0.25) is 0 Å². The Morgan fingerprint density at radius 1 is 1.36 bits per heavy atom. The molecule has 0 amide bonds. The fourth-order valence-electron chi connectivity index (χ4n) is 1.52. The molecule has 2 heteroatoms. The average molecular weight is 168 g/mol. The monoisotopic (exact) mass is 168 g/mol. The highest BCUT2D eigenvalue weighted by Gasteiger charge is 2.16. The quantitative estimate of drug-likeness (QED) is 0.659. The Balaban J connectivity index is 1.90. The van der Waals surface area contributed by atoms with Gasteiger partial charge in [0.05, 0.1) is 6.10 Å². The molecule has 1 heterocycles. The molecule has 1 aromatic heterocycles. The van der Waals surface area contributed by atoms with Crippen molar-refractivity contribution in [2.75, 3.05) is 0 Å². The molecule has 60 valence electrons. The second-order valence-corrected chi connectivity index (χ2v) is 3.76. The predicted molar refractivity (Wildman–Crippen MR) is 47.2 cm³/mol. The Hall–Kier alpha value is -0.500. The van der Waals surface area contributed by atoms with Gasteiger partial charge < -0.3 is 4.74 Å². The Kier molecular flexibility index (Phi) is 2.13. The summed E-state index contributed by atoms with van der Waals surface area (Å²) in [5.74, 6) is 1.06. The van der Waals surface area contributed by atoms with Crippen LogP contribution in [-0.2, 0) is 0 Å². The van der Waals surface area contributed by atoms with Gasteiger partial charge >= 0.3 is 0 Å². The van der Waals surface area contributed by atoms with E-state index in [-0.39, 0.29) is 0 Å². The lowest BCUT2D eigenvalue weighted by Crippen LogP contribution is -2.09. The summed E-state index contributed by atoms with van der Waals surface area (Å²) in [6.45, 7) is 0. The van der Waals surface area contributed by atoms with E-state index in [0.29, 0.717) is 6.10 Å². The lowest BCUT2D eigenvalue weighted by atomic mass is 10.3. The van der Waals surface area contributed by atoms with E-state index >= 15 is 0 Å². The first-order valence-electron chi connectivity index (χ1n) is 4.14. The van der Waals surface area contributed by atoms with Crippen molar-refractivity contribution in [3.63, 3.8) is 0 Å². The molecule has 0 spiro atoms. The lowest BCUT2D eigenvalue weighted by molar-refractivity contribution is 0.211. The van der Waals surface area contributed by atoms with Gasteiger partial charge in [-0.3, -0.25) is 0 Å². The van der Waals surface area contributed by atoms with Gasteiger partial charge in [-0.2, -0.15) is 0 Å². The molecule has 1 fully saturated rings. The molecule has 1 saturated carbocycles. The first-order chi connectivity index (χ1) is 5.45. The molecule has 0 atom stereocenters. The van der Waals surface area contributed by atoms with Crippen molar-refractivity contribution in [1.29, 1.82) is 0 Å². The third-order valence-electron chi connectivity index (χ3n) is 2.10. The summed E-state index contributed by atoms with van der Waals surface area (Å²) in [6.07, 6.45) is 5.68. The zero-order chi connectivity index (χ0) is 7.52. The van der Waals surface area contributed by atoms with E-state index in [1.54, 1.807) is 11.3 Å². The summed E-state index contributed by atoms with van der Waals surface area (Å²) in [5.41, 5.74) is 0. The highest BCUT2D eigenvalue weighted by Crippen LogP contribution is 2.25. The average Bonchev–Trinajstić information content (AvgIpc) is 2.60. The van der Waals surface area contributed by atoms with E-state index in [4.69, 9.17) is 4.74 Å². The maximum absolute atomic E-state index is 5.73. The van der Waals surface area contributed by atoms with Crippen LogP contribution in [0.4, 0.5) is 0 Å². The van der Waals surface area contributed by atoms with Gasteiger partial charge in [-0.25, -0.2) is 0 Å². The van der Waals surface area contributed by atoms with Crippen molar-refractivity contribution in [3.05, 3.63) is 16.8 Å². The summed E-state index contributed by atoms with van der Waals surface area (Å²) < 4.78 is 5.73. The number of hydrogen-bond donors (Lipinski definition) is 0. The van der Waals surface area contributed by atoms with E-state index in [9.17, 15) is 0 Å². The summed E-state index contributed by atoms with van der Waals surface area (Å²) in [5, 5.41) is 4.13. The van der Waals surface area contributed by atoms with Crippen molar-refractivity contribution in [2.45, 2.75) is 31.8 Å². The van der Waals surface area contributed by atoms with Crippen LogP contribution in [0.1, 0.15) is 25.7 Å². The molecular weight excluding hydrogens is 156 g/mol. The number of thiophene rings is 1. The van der Waals surface area contributed by atoms with E-state index in [0.717, 1.165) is 5.75 Å². The molecule has 1 aliphatic carbocycles. The minimum Gasteiger partial charge on any atom is -0.490 e. The molecule has 1 nitrogen and oxygen atoms in total. The minimum atomic E-state index is 0.504. The largest absolute Gasteiger partial charge is 0.490 e. The van der Waals surface area contributed by atoms with Crippen molar-refractivity contribution in [1.82, 2.24) is 0 Å². The molecule has 0 N–H and O–H groups in total. The highest BCUT2D eigenvalue weighted by molar-refractivity contribution is 7.08. The van der Waals surface area contributed by atoms with Crippen LogP contribution in [0.15, 0.2) is 16.8 Å². The maximum atomic E-state index is 5.73. The Morgan fingerprint density at radius 3 is 2.82 bits per heavy atom. The third-order valence-corrected chi connectivity index (χ3v) is 2.76. The predicted octanol–water partition coefficient (Wildman–Crippen LogP) is 3.07. The maximum Gasteiger partial charge on any atom is 0.130 e. The van der Waals surface area contributed by atoms with Crippen LogP contribution in [0.25, 0.3) is 0 Å². The fourth-order valence-corrected chi connectivity index (χ4v) is 2.08. The molecule has 0 aliphatic heterocycles. The SMILES string of the molecule is c1cc(OC2CCCC2)cs1. The third kappa shape index (κ3) is 1.74. The van der Waals surface area contributed by atoms with Crippen LogP contribution in [0, 0.1) is 0 Å². The van der Waals surface area contributed by atoms with Crippen LogP contribution in [0.3, 0.4) is 0 Å². The summed E-state index contributed by atoms with van der Waals surface area (Å²) in [6, 6.07) is 2.04. The smallest absolute Gasteiger partial charge is 0.130 e. The molecule has 11 heavy (non-hydrogen) atoms. The fraction of sp³-hybridized carbons (Fsp3) is 0.556. The van der Waals surface area contributed by atoms with Gasteiger partial charge in [-0.05, 0) is 37.1 Å². The van der Waals surface area contributed by atoms with Crippen LogP contribution in [0.5, 0.6) is 5.75 Å². The van der Waals surface area contributed by atoms with Gasteiger partial charge in [0, 0.05) is 5.38 Å². The lowest BCUT2D eigenvalue weighted by Gasteiger charge is -2.10. The molecular formula is C9H12OS. The first-order valence-corrected chi connectivity index (χ1v) is 5.08. The molecule has 1 aromatic rings. The number of rotatable bonds is 2. The van der Waals surface area contributed by atoms with Gasteiger partial charge in [0.1, 0.15) is 5.75 Å². The molecule has 2 rings (SSSR count). The normalized spacial score (nSPS) is 18.9. The topological polar surface area (TPSA) is 9.23 Å². The van der Waals surface area contributed by atoms with Gasteiger partial charge in [-0.15, -0.1) is 11.3 Å². The second-order valence-electron chi connectivity index (χ2n) is 2.98. The Bertz CT molecular complexity index is 199. The second kappa shape index (κ2) is 3.26. The van der Waals surface area contributed by atoms with E-state index < -0.39 is 0 Å². The van der Waals surface area contributed by atoms with Gasteiger partial charge in [0.15, 0.2) is 0 Å². The Labute approximate surface area is 71.0 Å². The molecule has 0 unspecified atom stereocenters. The van der Waals surface area contributed by atoms with Crippen LogP contribution in [-0.4, -0.2) is 6.10 Å². The zero-order valence-corrected chi connectivity index (χ0v) is 7.27. The zero-order valence-electron chi connectivity index (χ0n) is 6.45. The van der Waals surface area contributed by atoms with Gasteiger partial charge in [0.25, 0.3) is 0 Å². The van der Waals surface area contributed by atoms with E-state index in [1.165, 1.54) is 25.7 Å². The molecule has 0 aromatic carbocycles. The van der Waals surface area contributed by atoms with Crippen LogP contribution < -0.4 is 4.74 Å². The Morgan fingerprint density at radius 2 is 2.18 bits per heavy atom. The van der Waals surface area contributed by atoms with Gasteiger partial charge in [-0.1, -0.05) is 0 Å². The van der Waals surface area contributed by atoms with E-state index in [1.807, 2.05) is 6.07 Å². The van der Waals surface area contributed by atoms with Crippen molar-refractivity contribution < 1.29 is 4.74 Å². The van der Waals surface area contributed by atoms with Crippen LogP contribution >= 0.6 is 11.3 Å². The molecule has 1 aliphatic rings. The van der Waals surface area contributed by atoms with Crippen molar-refractivity contribution in [2.24, 2.45) is 0 Å². The molecule has 0 saturated heterocycles. The molecule has 0 bridgehead atoms. The summed E-state index contributed by atoms with van der Waals surface area (Å²) in [4.78, 5) is 0. The summed E-state index contributed by atoms with van der Waals surface area (Å²) >= 11 is 1.70. The first kappa shape index (κ1) is 7.17. The standard InChI is InChI=1S/C9H12OS/c1-2-4-8(3-1)10-9-5-6-11-7-9/h5-8H,1-4H2. The number of ether oxygens (including phenoxy) is 1. The van der Waals surface area contributed by atoms with Crippen molar-refractivity contribution in [3.8, 4) is 5.75 Å². The summed E-state index contributed by atoms with van der Waals surface area (Å²) in [7, 11) is 0. The highest BCUT2D eigenvalue weighted by atomic mass is 32.1.